The van der Waals surface area contributed by atoms with Gasteiger partial charge >= 0.3 is 10.1 Å². The van der Waals surface area contributed by atoms with E-state index in [1.54, 1.807) is 6.07 Å². The van der Waals surface area contributed by atoms with Crippen molar-refractivity contribution in [1.82, 2.24) is 15.1 Å². The molecule has 0 aromatic heterocycles. The molecule has 7 nitrogen and oxygen atoms in total. The van der Waals surface area contributed by atoms with Gasteiger partial charge in [0, 0.05) is 38.6 Å². The standard InChI is InChI=1S/C25H41N3O4S/c1-3-14-27(15-5-6-16-28-17-13-26-12-11-25(28)29)23-9-7-21-8-10-24(20-22(21)19-23)32-33(30,31)18-4-2/h8,10,20,23,26H,3-7,9,11-19H2,1-2H3. The Balaban J connectivity index is 1.55. The zero-order valence-electron chi connectivity index (χ0n) is 20.4. The molecule has 1 unspecified atom stereocenters. The highest BCUT2D eigenvalue weighted by atomic mass is 32.2. The predicted molar refractivity (Wildman–Crippen MR) is 132 cm³/mol. The first-order chi connectivity index (χ1) is 15.9. The lowest BCUT2D eigenvalue weighted by molar-refractivity contribution is -0.130. The highest BCUT2D eigenvalue weighted by molar-refractivity contribution is 7.87. The van der Waals surface area contributed by atoms with Crippen LogP contribution in [0.15, 0.2) is 18.2 Å². The van der Waals surface area contributed by atoms with Crippen molar-refractivity contribution in [2.75, 3.05) is 45.0 Å². The number of amides is 1. The highest BCUT2D eigenvalue weighted by Gasteiger charge is 2.25. The van der Waals surface area contributed by atoms with Crippen molar-refractivity contribution in [3.63, 3.8) is 0 Å². The van der Waals surface area contributed by atoms with Crippen molar-refractivity contribution < 1.29 is 17.4 Å². The first kappa shape index (κ1) is 26.0. The largest absolute Gasteiger partial charge is 0.382 e. The molecule has 2 aliphatic rings. The Hall–Kier alpha value is -1.64. The Morgan fingerprint density at radius 2 is 1.94 bits per heavy atom. The van der Waals surface area contributed by atoms with E-state index in [1.165, 1.54) is 11.1 Å². The van der Waals surface area contributed by atoms with Crippen LogP contribution in [-0.4, -0.2) is 75.2 Å². The first-order valence-corrected chi connectivity index (χ1v) is 14.3. The van der Waals surface area contributed by atoms with E-state index < -0.39 is 10.1 Å². The van der Waals surface area contributed by atoms with Crippen LogP contribution in [0.1, 0.15) is 63.5 Å². The lowest BCUT2D eigenvalue weighted by atomic mass is 9.87. The monoisotopic (exact) mass is 479 g/mol. The Morgan fingerprint density at radius 3 is 2.73 bits per heavy atom. The quantitative estimate of drug-likeness (QED) is 0.367. The number of hydrogen-bond acceptors (Lipinski definition) is 6. The second-order valence-corrected chi connectivity index (χ2v) is 11.0. The van der Waals surface area contributed by atoms with E-state index in [2.05, 4.69) is 17.1 Å². The number of rotatable bonds is 12. The van der Waals surface area contributed by atoms with Crippen molar-refractivity contribution in [2.45, 2.75) is 71.3 Å². The first-order valence-electron chi connectivity index (χ1n) is 12.7. The van der Waals surface area contributed by atoms with Gasteiger partial charge in [-0.3, -0.25) is 4.79 Å². The van der Waals surface area contributed by atoms with Gasteiger partial charge in [0.25, 0.3) is 0 Å². The van der Waals surface area contributed by atoms with E-state index in [9.17, 15) is 13.2 Å². The van der Waals surface area contributed by atoms with Gasteiger partial charge in [0.1, 0.15) is 5.75 Å². The summed E-state index contributed by atoms with van der Waals surface area (Å²) < 4.78 is 29.5. The van der Waals surface area contributed by atoms with E-state index in [4.69, 9.17) is 4.18 Å². The third-order valence-corrected chi connectivity index (χ3v) is 7.99. The van der Waals surface area contributed by atoms with Crippen molar-refractivity contribution in [1.29, 1.82) is 0 Å². The molecule has 1 saturated heterocycles. The summed E-state index contributed by atoms with van der Waals surface area (Å²) in [5.41, 5.74) is 2.51. The summed E-state index contributed by atoms with van der Waals surface area (Å²) in [6, 6.07) is 6.21. The molecule has 186 valence electrons. The molecule has 1 amide bonds. The van der Waals surface area contributed by atoms with Gasteiger partial charge in [0.2, 0.25) is 5.91 Å². The molecule has 0 saturated carbocycles. The summed E-state index contributed by atoms with van der Waals surface area (Å²) in [4.78, 5) is 16.8. The molecule has 33 heavy (non-hydrogen) atoms. The number of carbonyl (C=O) groups excluding carboxylic acids is 1. The average Bonchev–Trinajstić information content (AvgIpc) is 2.99. The maximum absolute atomic E-state index is 12.2. The summed E-state index contributed by atoms with van der Waals surface area (Å²) >= 11 is 0. The topological polar surface area (TPSA) is 79.0 Å². The van der Waals surface area contributed by atoms with E-state index in [0.29, 0.717) is 24.6 Å². The Kier molecular flexibility index (Phi) is 10.0. The van der Waals surface area contributed by atoms with Crippen LogP contribution < -0.4 is 9.50 Å². The molecule has 1 aromatic rings. The minimum absolute atomic E-state index is 0.0382. The fourth-order valence-electron chi connectivity index (χ4n) is 4.95. The summed E-state index contributed by atoms with van der Waals surface area (Å²) in [7, 11) is -3.52. The number of nitrogens with one attached hydrogen (secondary N) is 1. The highest BCUT2D eigenvalue weighted by Crippen LogP contribution is 2.29. The van der Waals surface area contributed by atoms with E-state index in [1.807, 2.05) is 24.0 Å². The number of carbonyl (C=O) groups is 1. The molecule has 1 atom stereocenters. The molecule has 0 bridgehead atoms. The molecule has 1 heterocycles. The van der Waals surface area contributed by atoms with Crippen LogP contribution in [0.5, 0.6) is 5.75 Å². The number of unbranched alkanes of at least 4 members (excludes halogenated alkanes) is 1. The van der Waals surface area contributed by atoms with Crippen molar-refractivity contribution >= 4 is 16.0 Å². The zero-order valence-corrected chi connectivity index (χ0v) is 21.2. The Bertz CT molecular complexity index is 874. The van der Waals surface area contributed by atoms with E-state index in [0.717, 1.165) is 77.8 Å². The van der Waals surface area contributed by atoms with Gasteiger partial charge < -0.3 is 19.3 Å². The number of nitrogens with zero attached hydrogens (tertiary/aromatic N) is 2. The van der Waals surface area contributed by atoms with Gasteiger partial charge in [0.15, 0.2) is 0 Å². The normalized spacial score (nSPS) is 19.4. The van der Waals surface area contributed by atoms with Gasteiger partial charge in [-0.25, -0.2) is 0 Å². The van der Waals surface area contributed by atoms with Gasteiger partial charge in [0.05, 0.1) is 5.75 Å². The number of aryl methyl sites for hydroxylation is 1. The SMILES string of the molecule is CCCN(CCCCN1CCNCCC1=O)C1CCc2ccc(OS(=O)(=O)CCC)cc2C1. The van der Waals surface area contributed by atoms with Crippen molar-refractivity contribution in [2.24, 2.45) is 0 Å². The summed E-state index contributed by atoms with van der Waals surface area (Å²) in [6.45, 7) is 9.50. The van der Waals surface area contributed by atoms with Gasteiger partial charge in [-0.1, -0.05) is 19.9 Å². The molecular weight excluding hydrogens is 438 g/mol. The lowest BCUT2D eigenvalue weighted by Crippen LogP contribution is -2.41. The predicted octanol–water partition coefficient (Wildman–Crippen LogP) is 2.98. The molecule has 0 radical (unpaired) electrons. The second kappa shape index (κ2) is 12.7. The third kappa shape index (κ3) is 7.97. The fourth-order valence-corrected chi connectivity index (χ4v) is 5.93. The Labute approximate surface area is 200 Å². The molecule has 1 aliphatic carbocycles. The van der Waals surface area contributed by atoms with Gasteiger partial charge in [-0.2, -0.15) is 8.42 Å². The molecule has 1 aliphatic heterocycles. The molecule has 1 aromatic carbocycles. The zero-order chi connectivity index (χ0) is 23.7. The average molecular weight is 480 g/mol. The van der Waals surface area contributed by atoms with E-state index >= 15 is 0 Å². The van der Waals surface area contributed by atoms with Crippen molar-refractivity contribution in [3.05, 3.63) is 29.3 Å². The van der Waals surface area contributed by atoms with Gasteiger partial charge in [-0.05, 0) is 81.3 Å². The Morgan fingerprint density at radius 1 is 1.09 bits per heavy atom. The summed E-state index contributed by atoms with van der Waals surface area (Å²) in [6.07, 6.45) is 7.43. The minimum Gasteiger partial charge on any atom is -0.382 e. The maximum atomic E-state index is 12.2. The van der Waals surface area contributed by atoms with Crippen LogP contribution in [-0.2, 0) is 27.8 Å². The molecule has 1 fully saturated rings. The van der Waals surface area contributed by atoms with E-state index in [-0.39, 0.29) is 11.7 Å². The molecular formula is C25H41N3O4S. The van der Waals surface area contributed by atoms with Crippen LogP contribution >= 0.6 is 0 Å². The minimum atomic E-state index is -3.52. The van der Waals surface area contributed by atoms with Crippen LogP contribution in [0.2, 0.25) is 0 Å². The molecule has 3 rings (SSSR count). The third-order valence-electron chi connectivity index (χ3n) is 6.63. The molecule has 8 heteroatoms. The van der Waals surface area contributed by atoms with Crippen molar-refractivity contribution in [3.8, 4) is 5.75 Å². The van der Waals surface area contributed by atoms with Crippen LogP contribution in [0, 0.1) is 0 Å². The lowest BCUT2D eigenvalue weighted by Gasteiger charge is -2.35. The summed E-state index contributed by atoms with van der Waals surface area (Å²) in [5.74, 6) is 0.742. The fraction of sp³-hybridized carbons (Fsp3) is 0.720. The summed E-state index contributed by atoms with van der Waals surface area (Å²) in [5, 5.41) is 3.29. The van der Waals surface area contributed by atoms with Gasteiger partial charge in [-0.15, -0.1) is 0 Å². The second-order valence-electron chi connectivity index (χ2n) is 9.30. The number of benzene rings is 1. The molecule has 0 spiro atoms. The smallest absolute Gasteiger partial charge is 0.309 e. The van der Waals surface area contributed by atoms with Crippen LogP contribution in [0.3, 0.4) is 0 Å². The number of hydrogen-bond donors (Lipinski definition) is 1. The maximum Gasteiger partial charge on any atom is 0.309 e. The molecule has 1 N–H and O–H groups in total. The number of fused-ring (bicyclic) bond motifs is 1. The van der Waals surface area contributed by atoms with Crippen LogP contribution in [0.4, 0.5) is 0 Å². The van der Waals surface area contributed by atoms with Crippen LogP contribution in [0.25, 0.3) is 0 Å².